The Kier molecular flexibility index (Phi) is 3.81. The monoisotopic (exact) mass is 235 g/mol. The van der Waals surface area contributed by atoms with Gasteiger partial charge in [-0.2, -0.15) is 0 Å². The number of aliphatic hydroxyl groups is 3. The highest BCUT2D eigenvalue weighted by atomic mass is 16.6. The van der Waals surface area contributed by atoms with Gasteiger partial charge >= 0.3 is 5.97 Å². The standard InChI is InChI=1S/C8H13NO7/c1-2(10)9-3-4(11)5(12)6(7(13)14)16-8(3)15/h3-6,8,11-12,15H,1H3,(H,9,10)(H,13,14)/t3-,4-,5+,6+,8-/m0/s1. The summed E-state index contributed by atoms with van der Waals surface area (Å²) in [6, 6.07) is -1.26. The summed E-state index contributed by atoms with van der Waals surface area (Å²) < 4.78 is 4.58. The molecular weight excluding hydrogens is 222 g/mol. The van der Waals surface area contributed by atoms with Crippen LogP contribution in [-0.2, 0) is 14.3 Å². The molecule has 0 bridgehead atoms. The number of carbonyl (C=O) groups excluding carboxylic acids is 1. The fourth-order valence-electron chi connectivity index (χ4n) is 1.47. The highest BCUT2D eigenvalue weighted by Gasteiger charge is 2.47. The number of hydrogen-bond donors (Lipinski definition) is 5. The lowest BCUT2D eigenvalue weighted by Gasteiger charge is -2.39. The maximum atomic E-state index is 10.7. The van der Waals surface area contributed by atoms with Gasteiger partial charge in [-0.05, 0) is 0 Å². The van der Waals surface area contributed by atoms with Gasteiger partial charge in [0.25, 0.3) is 0 Å². The quantitative estimate of drug-likeness (QED) is 0.344. The van der Waals surface area contributed by atoms with E-state index < -0.39 is 42.5 Å². The second kappa shape index (κ2) is 4.74. The summed E-state index contributed by atoms with van der Waals surface area (Å²) in [5, 5.41) is 39.0. The van der Waals surface area contributed by atoms with Crippen LogP contribution in [0.5, 0.6) is 0 Å². The molecule has 1 amide bonds. The molecule has 0 radical (unpaired) electrons. The first-order chi connectivity index (χ1) is 7.34. The third-order valence-corrected chi connectivity index (χ3v) is 2.23. The Morgan fingerprint density at radius 2 is 1.75 bits per heavy atom. The van der Waals surface area contributed by atoms with Crippen LogP contribution >= 0.6 is 0 Å². The Morgan fingerprint density at radius 1 is 1.19 bits per heavy atom. The molecule has 0 aromatic heterocycles. The summed E-state index contributed by atoms with van der Waals surface area (Å²) in [6.45, 7) is 1.15. The SMILES string of the molecule is CC(=O)N[C@H]1[C@H](O)[C@@H](O)[C@H](C(=O)O)O[C@@H]1O. The van der Waals surface area contributed by atoms with Gasteiger partial charge in [-0.3, -0.25) is 4.79 Å². The van der Waals surface area contributed by atoms with E-state index in [9.17, 15) is 24.9 Å². The van der Waals surface area contributed by atoms with Crippen molar-refractivity contribution in [2.75, 3.05) is 0 Å². The summed E-state index contributed by atoms with van der Waals surface area (Å²) in [4.78, 5) is 21.3. The maximum absolute atomic E-state index is 10.7. The van der Waals surface area contributed by atoms with Gasteiger partial charge in [0.2, 0.25) is 5.91 Å². The minimum Gasteiger partial charge on any atom is -0.479 e. The predicted molar refractivity (Wildman–Crippen MR) is 48.1 cm³/mol. The number of ether oxygens (including phenoxy) is 1. The summed E-state index contributed by atoms with van der Waals surface area (Å²) in [6.07, 6.45) is -6.76. The number of carboxylic acids is 1. The molecule has 1 rings (SSSR count). The van der Waals surface area contributed by atoms with Crippen LogP contribution in [0.25, 0.3) is 0 Å². The van der Waals surface area contributed by atoms with Gasteiger partial charge in [-0.1, -0.05) is 0 Å². The predicted octanol–water partition coefficient (Wildman–Crippen LogP) is -2.99. The topological polar surface area (TPSA) is 136 Å². The maximum Gasteiger partial charge on any atom is 0.335 e. The van der Waals surface area contributed by atoms with E-state index in [1.807, 2.05) is 0 Å². The Bertz CT molecular complexity index is 294. The van der Waals surface area contributed by atoms with Crippen molar-refractivity contribution in [3.05, 3.63) is 0 Å². The van der Waals surface area contributed by atoms with Crippen molar-refractivity contribution in [2.45, 2.75) is 37.6 Å². The largest absolute Gasteiger partial charge is 0.479 e. The van der Waals surface area contributed by atoms with Gasteiger partial charge < -0.3 is 30.5 Å². The number of carbonyl (C=O) groups is 2. The highest BCUT2D eigenvalue weighted by molar-refractivity contribution is 5.74. The molecule has 0 aliphatic carbocycles. The minimum atomic E-state index is -1.73. The Balaban J connectivity index is 2.79. The second-order valence-electron chi connectivity index (χ2n) is 3.49. The van der Waals surface area contributed by atoms with Crippen LogP contribution in [0, 0.1) is 0 Å². The molecule has 8 nitrogen and oxygen atoms in total. The first-order valence-electron chi connectivity index (χ1n) is 4.54. The smallest absolute Gasteiger partial charge is 0.335 e. The number of carboxylic acid groups (broad SMARTS) is 1. The van der Waals surface area contributed by atoms with Crippen molar-refractivity contribution < 1.29 is 34.8 Å². The van der Waals surface area contributed by atoms with Gasteiger partial charge in [0.1, 0.15) is 18.2 Å². The molecule has 0 aromatic carbocycles. The lowest BCUT2D eigenvalue weighted by Crippen LogP contribution is -2.64. The number of rotatable bonds is 2. The van der Waals surface area contributed by atoms with E-state index in [0.29, 0.717) is 0 Å². The highest BCUT2D eigenvalue weighted by Crippen LogP contribution is 2.20. The van der Waals surface area contributed by atoms with Gasteiger partial charge in [-0.25, -0.2) is 4.79 Å². The van der Waals surface area contributed by atoms with E-state index in [0.717, 1.165) is 6.92 Å². The van der Waals surface area contributed by atoms with Crippen molar-refractivity contribution in [1.29, 1.82) is 0 Å². The average molecular weight is 235 g/mol. The fraction of sp³-hybridized carbons (Fsp3) is 0.750. The Morgan fingerprint density at radius 3 is 2.19 bits per heavy atom. The van der Waals surface area contributed by atoms with Crippen LogP contribution in [-0.4, -0.2) is 62.9 Å². The number of hydrogen-bond acceptors (Lipinski definition) is 6. The molecule has 1 saturated heterocycles. The van der Waals surface area contributed by atoms with Crippen LogP contribution in [0.4, 0.5) is 0 Å². The van der Waals surface area contributed by atoms with E-state index in [2.05, 4.69) is 10.1 Å². The van der Waals surface area contributed by atoms with E-state index in [4.69, 9.17) is 5.11 Å². The summed E-state index contributed by atoms with van der Waals surface area (Å²) in [5.41, 5.74) is 0. The zero-order valence-electron chi connectivity index (χ0n) is 8.40. The van der Waals surface area contributed by atoms with Crippen LogP contribution in [0.2, 0.25) is 0 Å². The van der Waals surface area contributed by atoms with E-state index in [1.165, 1.54) is 0 Å². The lowest BCUT2D eigenvalue weighted by atomic mass is 9.97. The molecule has 1 aliphatic heterocycles. The fourth-order valence-corrected chi connectivity index (χ4v) is 1.47. The van der Waals surface area contributed by atoms with Crippen LogP contribution in [0.15, 0.2) is 0 Å². The van der Waals surface area contributed by atoms with Crippen molar-refractivity contribution in [3.8, 4) is 0 Å². The molecule has 1 fully saturated rings. The Labute approximate surface area is 90.5 Å². The number of nitrogens with one attached hydrogen (secondary N) is 1. The summed E-state index contributed by atoms with van der Waals surface area (Å²) in [5.74, 6) is -2.06. The van der Waals surface area contributed by atoms with Crippen LogP contribution < -0.4 is 5.32 Å². The lowest BCUT2D eigenvalue weighted by molar-refractivity contribution is -0.249. The summed E-state index contributed by atoms with van der Waals surface area (Å²) in [7, 11) is 0. The van der Waals surface area contributed by atoms with E-state index in [1.54, 1.807) is 0 Å². The zero-order chi connectivity index (χ0) is 12.5. The Hall–Kier alpha value is -1.22. The van der Waals surface area contributed by atoms with Crippen molar-refractivity contribution in [3.63, 3.8) is 0 Å². The number of aliphatic hydroxyl groups excluding tert-OH is 3. The van der Waals surface area contributed by atoms with E-state index in [-0.39, 0.29) is 0 Å². The van der Waals surface area contributed by atoms with Gasteiger partial charge in [0, 0.05) is 6.92 Å². The first kappa shape index (κ1) is 12.8. The zero-order valence-corrected chi connectivity index (χ0v) is 8.40. The molecule has 1 aliphatic rings. The number of amides is 1. The van der Waals surface area contributed by atoms with Gasteiger partial charge in [-0.15, -0.1) is 0 Å². The molecule has 8 heteroatoms. The molecule has 0 unspecified atom stereocenters. The molecule has 92 valence electrons. The van der Waals surface area contributed by atoms with Gasteiger partial charge in [0.15, 0.2) is 12.4 Å². The van der Waals surface area contributed by atoms with Crippen LogP contribution in [0.1, 0.15) is 6.92 Å². The van der Waals surface area contributed by atoms with Crippen molar-refractivity contribution in [1.82, 2.24) is 5.32 Å². The normalized spacial score (nSPS) is 39.1. The third kappa shape index (κ3) is 2.47. The average Bonchev–Trinajstić information content (AvgIpc) is 2.17. The van der Waals surface area contributed by atoms with Crippen LogP contribution in [0.3, 0.4) is 0 Å². The van der Waals surface area contributed by atoms with E-state index >= 15 is 0 Å². The molecule has 5 atom stereocenters. The molecule has 5 N–H and O–H groups in total. The third-order valence-electron chi connectivity index (χ3n) is 2.23. The molecule has 1 heterocycles. The summed E-state index contributed by atoms with van der Waals surface area (Å²) >= 11 is 0. The molecular formula is C8H13NO7. The number of aliphatic carboxylic acids is 1. The molecule has 0 spiro atoms. The second-order valence-corrected chi connectivity index (χ2v) is 3.49. The molecule has 0 saturated carbocycles. The first-order valence-corrected chi connectivity index (χ1v) is 4.54. The van der Waals surface area contributed by atoms with Crippen molar-refractivity contribution in [2.24, 2.45) is 0 Å². The molecule has 16 heavy (non-hydrogen) atoms. The minimum absolute atomic E-state index is 0.548. The van der Waals surface area contributed by atoms with Crippen molar-refractivity contribution >= 4 is 11.9 Å². The van der Waals surface area contributed by atoms with Gasteiger partial charge in [0.05, 0.1) is 0 Å². The molecule has 0 aromatic rings.